The number of halogens is 1. The van der Waals surface area contributed by atoms with Crippen molar-refractivity contribution in [2.24, 2.45) is 5.92 Å². The molecule has 8 heteroatoms. The number of nitrogens with one attached hydrogen (secondary N) is 2. The van der Waals surface area contributed by atoms with Gasteiger partial charge in [-0.05, 0) is 58.7 Å². The summed E-state index contributed by atoms with van der Waals surface area (Å²) < 4.78 is 18.9. The molecule has 0 saturated heterocycles. The van der Waals surface area contributed by atoms with Gasteiger partial charge in [0.25, 0.3) is 0 Å². The average Bonchev–Trinajstić information content (AvgIpc) is 2.51. The molecule has 7 nitrogen and oxygen atoms in total. The molecule has 1 aromatic rings. The third kappa shape index (κ3) is 5.58. The molecule has 1 aliphatic rings. The monoisotopic (exact) mass is 376 g/mol. The highest BCUT2D eigenvalue weighted by Crippen LogP contribution is 2.32. The van der Waals surface area contributed by atoms with Crippen molar-refractivity contribution in [3.8, 4) is 6.07 Å². The molecule has 1 fully saturated rings. The van der Waals surface area contributed by atoms with Gasteiger partial charge in [-0.25, -0.2) is 18.9 Å². The topological polar surface area (TPSA) is 94.5 Å². The number of ether oxygens (including phenoxy) is 1. The zero-order valence-electron chi connectivity index (χ0n) is 16.0. The van der Waals surface area contributed by atoms with Crippen LogP contribution >= 0.6 is 0 Å². The van der Waals surface area contributed by atoms with E-state index in [1.165, 1.54) is 18.2 Å². The van der Waals surface area contributed by atoms with Gasteiger partial charge in [-0.2, -0.15) is 5.26 Å². The second-order valence-corrected chi connectivity index (χ2v) is 7.48. The smallest absolute Gasteiger partial charge is 0.418 e. The number of imide groups is 1. The van der Waals surface area contributed by atoms with Crippen molar-refractivity contribution in [1.29, 1.82) is 5.26 Å². The van der Waals surface area contributed by atoms with Crippen molar-refractivity contribution in [3.05, 3.63) is 24.0 Å². The predicted octanol–water partition coefficient (Wildman–Crippen LogP) is 4.33. The normalized spacial score (nSPS) is 18.7. The number of hydrogen-bond donors (Lipinski definition) is 2. The van der Waals surface area contributed by atoms with Crippen LogP contribution in [0.3, 0.4) is 0 Å². The molecule has 2 rings (SSSR count). The quantitative estimate of drug-likeness (QED) is 0.816. The zero-order valence-corrected chi connectivity index (χ0v) is 16.0. The molecule has 0 aliphatic heterocycles. The number of rotatable bonds is 4. The van der Waals surface area contributed by atoms with E-state index in [0.717, 1.165) is 4.90 Å². The number of hydrogen-bond acceptors (Lipinski definition) is 5. The Kier molecular flexibility index (Phi) is 6.26. The fourth-order valence-corrected chi connectivity index (χ4v) is 2.66. The van der Waals surface area contributed by atoms with Crippen LogP contribution < -0.4 is 10.6 Å². The summed E-state index contributed by atoms with van der Waals surface area (Å²) in [5.41, 5.74) is 0.0308. The lowest BCUT2D eigenvalue weighted by atomic mass is 9.81. The van der Waals surface area contributed by atoms with E-state index in [1.54, 1.807) is 27.7 Å². The van der Waals surface area contributed by atoms with Gasteiger partial charge < -0.3 is 15.4 Å². The number of nitrogens with zero attached hydrogens (tertiary/aromatic N) is 2. The van der Waals surface area contributed by atoms with Gasteiger partial charge >= 0.3 is 12.1 Å². The third-order valence-corrected chi connectivity index (χ3v) is 4.08. The summed E-state index contributed by atoms with van der Waals surface area (Å²) in [6, 6.07) is 5.50. The largest absolute Gasteiger partial charge is 0.443 e. The first-order valence-corrected chi connectivity index (χ1v) is 8.90. The molecule has 1 aliphatic carbocycles. The molecule has 1 aromatic carbocycles. The molecule has 0 heterocycles. The van der Waals surface area contributed by atoms with Crippen molar-refractivity contribution in [3.63, 3.8) is 0 Å². The average molecular weight is 376 g/mol. The van der Waals surface area contributed by atoms with E-state index in [4.69, 9.17) is 10.00 Å². The molecular formula is C19H25FN4O3. The van der Waals surface area contributed by atoms with Crippen LogP contribution in [0.2, 0.25) is 0 Å². The molecule has 3 amide bonds. The molecule has 0 unspecified atom stereocenters. The maximum atomic E-state index is 13.6. The number of urea groups is 1. The zero-order chi connectivity index (χ0) is 20.2. The molecule has 0 aromatic heterocycles. The third-order valence-electron chi connectivity index (χ3n) is 4.08. The SMILES string of the molecule is CCN(C(=O)Nc1ccc(F)cc1NC1CC(C#N)C1)C(=O)OC(C)(C)C. The Bertz CT molecular complexity index is 748. The summed E-state index contributed by atoms with van der Waals surface area (Å²) in [5, 5.41) is 14.6. The number of carbonyl (C=O) groups excluding carboxylic acids is 2. The van der Waals surface area contributed by atoms with Gasteiger partial charge in [0, 0.05) is 12.6 Å². The van der Waals surface area contributed by atoms with Crippen molar-refractivity contribution in [2.75, 3.05) is 17.2 Å². The van der Waals surface area contributed by atoms with Gasteiger partial charge in [0.15, 0.2) is 0 Å². The Hall–Kier alpha value is -2.82. The summed E-state index contributed by atoms with van der Waals surface area (Å²) in [6.07, 6.45) is 0.577. The first-order chi connectivity index (χ1) is 12.6. The van der Waals surface area contributed by atoms with Gasteiger partial charge in [0.2, 0.25) is 0 Å². The molecule has 2 N–H and O–H groups in total. The van der Waals surface area contributed by atoms with Crippen LogP contribution in [0.5, 0.6) is 0 Å². The lowest BCUT2D eigenvalue weighted by molar-refractivity contribution is 0.0340. The van der Waals surface area contributed by atoms with Crippen LogP contribution in [-0.4, -0.2) is 35.2 Å². The van der Waals surface area contributed by atoms with Crippen molar-refractivity contribution >= 4 is 23.5 Å². The fourth-order valence-electron chi connectivity index (χ4n) is 2.66. The molecule has 0 bridgehead atoms. The van der Waals surface area contributed by atoms with E-state index >= 15 is 0 Å². The Morgan fingerprint density at radius 1 is 1.33 bits per heavy atom. The van der Waals surface area contributed by atoms with Crippen LogP contribution in [-0.2, 0) is 4.74 Å². The van der Waals surface area contributed by atoms with Crippen molar-refractivity contribution in [1.82, 2.24) is 4.90 Å². The molecule has 0 radical (unpaired) electrons. The van der Waals surface area contributed by atoms with E-state index in [9.17, 15) is 14.0 Å². The number of carbonyl (C=O) groups is 2. The lowest BCUT2D eigenvalue weighted by Gasteiger charge is -2.33. The van der Waals surface area contributed by atoms with Gasteiger partial charge in [-0.15, -0.1) is 0 Å². The van der Waals surface area contributed by atoms with Gasteiger partial charge in [-0.1, -0.05) is 0 Å². The van der Waals surface area contributed by atoms with Gasteiger partial charge in [-0.3, -0.25) is 0 Å². The van der Waals surface area contributed by atoms with Gasteiger partial charge in [0.05, 0.1) is 23.4 Å². The second-order valence-electron chi connectivity index (χ2n) is 7.48. The van der Waals surface area contributed by atoms with Gasteiger partial charge in [0.1, 0.15) is 11.4 Å². The predicted molar refractivity (Wildman–Crippen MR) is 99.8 cm³/mol. The minimum Gasteiger partial charge on any atom is -0.443 e. The standard InChI is InChI=1S/C19H25FN4O3/c1-5-24(18(26)27-19(2,3)4)17(25)23-15-7-6-13(20)10-16(15)22-14-8-12(9-14)11-21/h6-7,10,12,14,22H,5,8-9H2,1-4H3,(H,23,25). The molecular weight excluding hydrogens is 351 g/mol. The first-order valence-electron chi connectivity index (χ1n) is 8.90. The highest BCUT2D eigenvalue weighted by Gasteiger charge is 2.30. The Morgan fingerprint density at radius 3 is 2.56 bits per heavy atom. The minimum atomic E-state index is -0.755. The van der Waals surface area contributed by atoms with Crippen LogP contribution in [0, 0.1) is 23.1 Å². The highest BCUT2D eigenvalue weighted by atomic mass is 19.1. The summed E-state index contributed by atoms with van der Waals surface area (Å²) in [5.74, 6) is -0.456. The van der Waals surface area contributed by atoms with E-state index in [-0.39, 0.29) is 18.5 Å². The summed E-state index contributed by atoms with van der Waals surface area (Å²) in [4.78, 5) is 25.7. The minimum absolute atomic E-state index is 0.00292. The fraction of sp³-hybridized carbons (Fsp3) is 0.526. The van der Waals surface area contributed by atoms with E-state index in [1.807, 2.05) is 0 Å². The van der Waals surface area contributed by atoms with Crippen molar-refractivity contribution < 1.29 is 18.7 Å². The summed E-state index contributed by atoms with van der Waals surface area (Å²) in [7, 11) is 0. The number of benzene rings is 1. The number of anilines is 2. The van der Waals surface area contributed by atoms with Crippen LogP contribution in [0.4, 0.5) is 25.4 Å². The summed E-state index contributed by atoms with van der Waals surface area (Å²) >= 11 is 0. The van der Waals surface area contributed by atoms with Crippen molar-refractivity contribution in [2.45, 2.75) is 52.2 Å². The highest BCUT2D eigenvalue weighted by molar-refractivity contribution is 6.00. The van der Waals surface area contributed by atoms with Crippen LogP contribution in [0.15, 0.2) is 18.2 Å². The van der Waals surface area contributed by atoms with E-state index in [0.29, 0.717) is 24.2 Å². The second kappa shape index (κ2) is 8.25. The Labute approximate surface area is 158 Å². The van der Waals surface area contributed by atoms with E-state index in [2.05, 4.69) is 16.7 Å². The van der Waals surface area contributed by atoms with Crippen LogP contribution in [0.1, 0.15) is 40.5 Å². The lowest BCUT2D eigenvalue weighted by Crippen LogP contribution is -2.43. The molecule has 27 heavy (non-hydrogen) atoms. The van der Waals surface area contributed by atoms with Crippen LogP contribution in [0.25, 0.3) is 0 Å². The Balaban J connectivity index is 2.10. The first kappa shape index (κ1) is 20.5. The maximum Gasteiger partial charge on any atom is 0.418 e. The maximum absolute atomic E-state index is 13.6. The Morgan fingerprint density at radius 2 is 2.00 bits per heavy atom. The molecule has 0 spiro atoms. The number of amides is 3. The summed E-state index contributed by atoms with van der Waals surface area (Å²) in [6.45, 7) is 6.92. The number of nitriles is 1. The molecule has 0 atom stereocenters. The molecule has 1 saturated carbocycles. The molecule has 146 valence electrons. The van der Waals surface area contributed by atoms with E-state index < -0.39 is 23.5 Å².